The summed E-state index contributed by atoms with van der Waals surface area (Å²) < 4.78 is 0. The molecule has 0 amide bonds. The van der Waals surface area contributed by atoms with Gasteiger partial charge in [-0.3, -0.25) is 10.1 Å². The van der Waals surface area contributed by atoms with Crippen LogP contribution in [0, 0.1) is 10.1 Å². The lowest BCUT2D eigenvalue weighted by molar-refractivity contribution is -0.403. The van der Waals surface area contributed by atoms with Gasteiger partial charge in [-0.05, 0) is 12.1 Å². The van der Waals surface area contributed by atoms with Gasteiger partial charge in [0.1, 0.15) is 5.15 Å². The Kier molecular flexibility index (Phi) is 4.07. The molecular weight excluding hydrogens is 232 g/mol. The molecule has 1 heterocycles. The second kappa shape index (κ2) is 5.32. The summed E-state index contributed by atoms with van der Waals surface area (Å²) in [5.41, 5.74) is 0.701. The van der Waals surface area contributed by atoms with E-state index >= 15 is 0 Å². The molecule has 1 N–H and O–H groups in total. The van der Waals surface area contributed by atoms with Crippen LogP contribution in [0.1, 0.15) is 0 Å². The summed E-state index contributed by atoms with van der Waals surface area (Å²) in [6.07, 6.45) is 2.42. The molecule has 0 aliphatic carbocycles. The van der Waals surface area contributed by atoms with E-state index in [0.717, 1.165) is 6.20 Å². The van der Waals surface area contributed by atoms with Gasteiger partial charge in [0.15, 0.2) is 5.82 Å². The van der Waals surface area contributed by atoms with Crippen molar-refractivity contribution in [2.75, 3.05) is 19.0 Å². The number of rotatable bonds is 4. The highest BCUT2D eigenvalue weighted by atomic mass is 35.5. The van der Waals surface area contributed by atoms with Crippen LogP contribution in [0.25, 0.3) is 0 Å². The van der Waals surface area contributed by atoms with E-state index in [0.29, 0.717) is 16.7 Å². The van der Waals surface area contributed by atoms with E-state index in [1.165, 1.54) is 6.20 Å². The molecule has 0 fully saturated rings. The van der Waals surface area contributed by atoms with E-state index in [-0.39, 0.29) is 0 Å². The van der Waals surface area contributed by atoms with Gasteiger partial charge in [-0.1, -0.05) is 11.6 Å². The van der Waals surface area contributed by atoms with E-state index in [4.69, 9.17) is 11.6 Å². The van der Waals surface area contributed by atoms with Crippen LogP contribution in [0.2, 0.25) is 5.15 Å². The highest BCUT2D eigenvalue weighted by molar-refractivity contribution is 6.29. The third kappa shape index (κ3) is 3.09. The maximum Gasteiger partial charge on any atom is 0.274 e. The van der Waals surface area contributed by atoms with Crippen molar-refractivity contribution >= 4 is 17.3 Å². The molecule has 0 spiro atoms. The Bertz CT molecular complexity index is 404. The van der Waals surface area contributed by atoms with Crippen molar-refractivity contribution in [2.24, 2.45) is 0 Å². The number of pyridine rings is 1. The summed E-state index contributed by atoms with van der Waals surface area (Å²) in [5, 5.41) is 13.5. The molecular formula is C9H11ClN4O2. The second-order valence-electron chi connectivity index (χ2n) is 2.95. The average molecular weight is 243 g/mol. The Hall–Kier alpha value is -1.82. The molecule has 0 radical (unpaired) electrons. The predicted molar refractivity (Wildman–Crippen MR) is 61.8 cm³/mol. The number of halogens is 1. The minimum absolute atomic E-state index is 0.356. The van der Waals surface area contributed by atoms with Crippen molar-refractivity contribution in [1.82, 2.24) is 10.3 Å². The fourth-order valence-corrected chi connectivity index (χ4v) is 1.24. The van der Waals surface area contributed by atoms with Crippen molar-refractivity contribution < 1.29 is 4.92 Å². The molecule has 1 rings (SSSR count). The minimum atomic E-state index is -0.522. The summed E-state index contributed by atoms with van der Waals surface area (Å²) in [6, 6.07) is 3.34. The summed E-state index contributed by atoms with van der Waals surface area (Å²) in [6.45, 7) is 0. The summed E-state index contributed by atoms with van der Waals surface area (Å²) in [5.74, 6) is 0.356. The van der Waals surface area contributed by atoms with E-state index in [1.807, 2.05) is 0 Å². The first-order chi connectivity index (χ1) is 7.54. The molecule has 0 atom stereocenters. The van der Waals surface area contributed by atoms with E-state index < -0.39 is 4.92 Å². The van der Waals surface area contributed by atoms with E-state index in [9.17, 15) is 10.1 Å². The smallest absolute Gasteiger partial charge is 0.274 e. The van der Waals surface area contributed by atoms with Crippen LogP contribution in [0.4, 0.5) is 5.69 Å². The first-order valence-corrected chi connectivity index (χ1v) is 4.80. The van der Waals surface area contributed by atoms with Crippen molar-refractivity contribution in [1.29, 1.82) is 0 Å². The van der Waals surface area contributed by atoms with Crippen LogP contribution in [0.5, 0.6) is 0 Å². The van der Waals surface area contributed by atoms with Crippen LogP contribution in [-0.4, -0.2) is 24.0 Å². The van der Waals surface area contributed by atoms with Gasteiger partial charge >= 0.3 is 0 Å². The highest BCUT2D eigenvalue weighted by Crippen LogP contribution is 2.16. The fraction of sp³-hybridized carbons (Fsp3) is 0.222. The van der Waals surface area contributed by atoms with Gasteiger partial charge in [0, 0.05) is 14.1 Å². The average Bonchev–Trinajstić information content (AvgIpc) is 2.25. The molecule has 0 saturated heterocycles. The zero-order chi connectivity index (χ0) is 12.1. The summed E-state index contributed by atoms with van der Waals surface area (Å²) >= 11 is 5.65. The van der Waals surface area contributed by atoms with Crippen LogP contribution in [0.3, 0.4) is 0 Å². The number of aromatic nitrogens is 1. The second-order valence-corrected chi connectivity index (χ2v) is 3.34. The molecule has 0 aromatic carbocycles. The van der Waals surface area contributed by atoms with Gasteiger partial charge in [0.2, 0.25) is 0 Å². The van der Waals surface area contributed by atoms with Gasteiger partial charge in [-0.2, -0.15) is 0 Å². The fourth-order valence-electron chi connectivity index (χ4n) is 1.12. The van der Waals surface area contributed by atoms with Gasteiger partial charge in [0.05, 0.1) is 16.8 Å². The zero-order valence-electron chi connectivity index (χ0n) is 8.85. The number of nitrogens with one attached hydrogen (secondary N) is 1. The zero-order valence-corrected chi connectivity index (χ0v) is 9.60. The Balaban J connectivity index is 2.95. The normalized spacial score (nSPS) is 11.1. The molecule has 1 aromatic rings. The lowest BCUT2D eigenvalue weighted by atomic mass is 10.4. The molecule has 0 aliphatic rings. The standard InChI is InChI=1S/C9H11ClN4O2/c1-11-9(6-14(15)16)13(2)7-3-4-8(10)12-5-7/h3-6,11H,1-2H3/b9-6+. The van der Waals surface area contributed by atoms with Crippen LogP contribution < -0.4 is 10.2 Å². The Morgan fingerprint density at radius 3 is 2.81 bits per heavy atom. The molecule has 7 heteroatoms. The lowest BCUT2D eigenvalue weighted by Crippen LogP contribution is -2.26. The summed E-state index contributed by atoms with van der Waals surface area (Å²) in [7, 11) is 3.30. The van der Waals surface area contributed by atoms with Gasteiger partial charge in [-0.25, -0.2) is 4.98 Å². The number of hydrogen-bond acceptors (Lipinski definition) is 5. The molecule has 0 unspecified atom stereocenters. The summed E-state index contributed by atoms with van der Waals surface area (Å²) in [4.78, 5) is 15.4. The van der Waals surface area contributed by atoms with Crippen LogP contribution in [0.15, 0.2) is 30.4 Å². The van der Waals surface area contributed by atoms with Crippen LogP contribution >= 0.6 is 11.6 Å². The molecule has 16 heavy (non-hydrogen) atoms. The molecule has 0 bridgehead atoms. The van der Waals surface area contributed by atoms with Gasteiger partial charge < -0.3 is 10.2 Å². The maximum atomic E-state index is 10.4. The third-order valence-corrected chi connectivity index (χ3v) is 2.17. The molecule has 0 aliphatic heterocycles. The van der Waals surface area contributed by atoms with E-state index in [1.54, 1.807) is 31.1 Å². The topological polar surface area (TPSA) is 71.3 Å². The molecule has 0 saturated carbocycles. The van der Waals surface area contributed by atoms with E-state index in [2.05, 4.69) is 10.3 Å². The predicted octanol–water partition coefficient (Wildman–Crippen LogP) is 1.47. The third-order valence-electron chi connectivity index (χ3n) is 1.94. The molecule has 1 aromatic heterocycles. The van der Waals surface area contributed by atoms with Gasteiger partial charge in [-0.15, -0.1) is 0 Å². The van der Waals surface area contributed by atoms with Crippen molar-refractivity contribution in [2.45, 2.75) is 0 Å². The largest absolute Gasteiger partial charge is 0.369 e. The Labute approximate surface area is 97.7 Å². The monoisotopic (exact) mass is 242 g/mol. The lowest BCUT2D eigenvalue weighted by Gasteiger charge is -2.19. The molecule has 86 valence electrons. The SMILES string of the molecule is CN/C(=C\[N+](=O)[O-])N(C)c1ccc(Cl)nc1. The number of nitro groups is 1. The van der Waals surface area contributed by atoms with Crippen molar-refractivity contribution in [3.8, 4) is 0 Å². The number of hydrogen-bond donors (Lipinski definition) is 1. The first-order valence-electron chi connectivity index (χ1n) is 4.43. The quantitative estimate of drug-likeness (QED) is 0.492. The Morgan fingerprint density at radius 1 is 1.69 bits per heavy atom. The Morgan fingerprint density at radius 2 is 2.38 bits per heavy atom. The first kappa shape index (κ1) is 12.3. The highest BCUT2D eigenvalue weighted by Gasteiger charge is 2.09. The minimum Gasteiger partial charge on any atom is -0.369 e. The van der Waals surface area contributed by atoms with Crippen molar-refractivity contribution in [3.63, 3.8) is 0 Å². The van der Waals surface area contributed by atoms with Crippen molar-refractivity contribution in [3.05, 3.63) is 45.6 Å². The van der Waals surface area contributed by atoms with Gasteiger partial charge in [0.25, 0.3) is 6.20 Å². The number of nitrogens with zero attached hydrogens (tertiary/aromatic N) is 3. The molecule has 6 nitrogen and oxygen atoms in total. The van der Waals surface area contributed by atoms with Crippen LogP contribution in [-0.2, 0) is 0 Å². The maximum absolute atomic E-state index is 10.4. The number of anilines is 1.